The van der Waals surface area contributed by atoms with Gasteiger partial charge in [0.15, 0.2) is 5.82 Å². The molecule has 1 fully saturated rings. The van der Waals surface area contributed by atoms with Gasteiger partial charge in [-0.3, -0.25) is 14.2 Å². The number of benzene rings is 1. The van der Waals surface area contributed by atoms with Gasteiger partial charge >= 0.3 is 0 Å². The lowest BCUT2D eigenvalue weighted by Gasteiger charge is -2.07. The Kier molecular flexibility index (Phi) is 5.36. The van der Waals surface area contributed by atoms with Gasteiger partial charge in [-0.05, 0) is 25.3 Å². The van der Waals surface area contributed by atoms with E-state index in [2.05, 4.69) is 15.5 Å². The molecule has 0 radical (unpaired) electrons. The molecule has 0 atom stereocenters. The number of aryl methyl sites for hydroxylation is 1. The fourth-order valence-corrected chi connectivity index (χ4v) is 3.57. The van der Waals surface area contributed by atoms with Gasteiger partial charge in [0, 0.05) is 18.2 Å². The first-order chi connectivity index (χ1) is 13.9. The summed E-state index contributed by atoms with van der Waals surface area (Å²) in [5.41, 5.74) is 2.32. The van der Waals surface area contributed by atoms with Crippen molar-refractivity contribution >= 4 is 23.3 Å². The average molecular weight is 420 g/mol. The molecule has 0 spiro atoms. The largest absolute Gasteiger partial charge is 0.308 e. The molecule has 152 valence electrons. The van der Waals surface area contributed by atoms with Gasteiger partial charge in [-0.15, -0.1) is 0 Å². The molecule has 0 bridgehead atoms. The van der Waals surface area contributed by atoms with Crippen LogP contribution in [0.4, 0.5) is 14.6 Å². The highest BCUT2D eigenvalue weighted by Gasteiger charge is 2.34. The van der Waals surface area contributed by atoms with Gasteiger partial charge in [0.2, 0.25) is 5.91 Å². The molecule has 1 saturated carbocycles. The Morgan fingerprint density at radius 2 is 1.97 bits per heavy atom. The second kappa shape index (κ2) is 7.94. The zero-order valence-electron chi connectivity index (χ0n) is 15.8. The molecule has 4 rings (SSSR count). The molecular weight excluding hydrogens is 400 g/mol. The topological polar surface area (TPSA) is 64.7 Å². The molecular formula is C20H20ClF2N5O. The van der Waals surface area contributed by atoms with E-state index >= 15 is 0 Å². The number of carbonyl (C=O) groups is 1. The highest BCUT2D eigenvalue weighted by Crippen LogP contribution is 2.45. The fourth-order valence-electron chi connectivity index (χ4n) is 3.19. The summed E-state index contributed by atoms with van der Waals surface area (Å²) in [5, 5.41) is 10.9. The highest BCUT2D eigenvalue weighted by atomic mass is 35.5. The molecule has 1 amide bonds. The molecule has 1 aliphatic carbocycles. The van der Waals surface area contributed by atoms with Gasteiger partial charge in [0.05, 0.1) is 17.3 Å². The Morgan fingerprint density at radius 3 is 2.62 bits per heavy atom. The lowest BCUT2D eigenvalue weighted by atomic mass is 10.1. The van der Waals surface area contributed by atoms with Gasteiger partial charge in [0.25, 0.3) is 6.43 Å². The van der Waals surface area contributed by atoms with E-state index in [4.69, 9.17) is 11.6 Å². The van der Waals surface area contributed by atoms with Crippen LogP contribution in [0.2, 0.25) is 5.02 Å². The lowest BCUT2D eigenvalue weighted by Crippen LogP contribution is -2.21. The molecule has 1 aliphatic rings. The lowest BCUT2D eigenvalue weighted by molar-refractivity contribution is -0.117. The average Bonchev–Trinajstić information content (AvgIpc) is 3.32. The molecule has 29 heavy (non-hydrogen) atoms. The quantitative estimate of drug-likeness (QED) is 0.611. The Hall–Kier alpha value is -2.74. The molecule has 6 nitrogen and oxygen atoms in total. The summed E-state index contributed by atoms with van der Waals surface area (Å²) < 4.78 is 29.2. The number of hydrogen-bond acceptors (Lipinski definition) is 3. The number of rotatable bonds is 7. The van der Waals surface area contributed by atoms with Crippen molar-refractivity contribution in [2.24, 2.45) is 0 Å². The first kappa shape index (κ1) is 19.6. The first-order valence-electron chi connectivity index (χ1n) is 9.34. The van der Waals surface area contributed by atoms with Crippen LogP contribution in [-0.2, 0) is 17.9 Å². The van der Waals surface area contributed by atoms with Crippen LogP contribution >= 0.6 is 11.6 Å². The second-order valence-electron chi connectivity index (χ2n) is 7.25. The van der Waals surface area contributed by atoms with Crippen molar-refractivity contribution in [3.8, 4) is 0 Å². The first-order valence-corrected chi connectivity index (χ1v) is 9.71. The van der Waals surface area contributed by atoms with Crippen molar-refractivity contribution in [1.82, 2.24) is 19.6 Å². The van der Waals surface area contributed by atoms with Gasteiger partial charge < -0.3 is 5.32 Å². The number of alkyl halides is 2. The summed E-state index contributed by atoms with van der Waals surface area (Å²) in [4.78, 5) is 12.4. The SMILES string of the molecule is Cc1ccc(Cn2ccc(NC(=O)Cn3nc(C(F)F)c(Cl)c3C3CC3)n2)cc1. The monoisotopic (exact) mass is 419 g/mol. The molecule has 1 N–H and O–H groups in total. The third-order valence-corrected chi connectivity index (χ3v) is 5.18. The van der Waals surface area contributed by atoms with Crippen molar-refractivity contribution in [1.29, 1.82) is 0 Å². The zero-order chi connectivity index (χ0) is 20.5. The van der Waals surface area contributed by atoms with E-state index in [1.54, 1.807) is 16.9 Å². The van der Waals surface area contributed by atoms with E-state index in [-0.39, 0.29) is 17.5 Å². The van der Waals surface area contributed by atoms with Crippen LogP contribution in [0.15, 0.2) is 36.5 Å². The Bertz CT molecular complexity index is 1020. The van der Waals surface area contributed by atoms with Gasteiger partial charge in [-0.1, -0.05) is 41.4 Å². The number of nitrogens with zero attached hydrogens (tertiary/aromatic N) is 4. The van der Waals surface area contributed by atoms with Crippen LogP contribution in [0.3, 0.4) is 0 Å². The van der Waals surface area contributed by atoms with E-state index in [0.717, 1.165) is 18.4 Å². The summed E-state index contributed by atoms with van der Waals surface area (Å²) in [7, 11) is 0. The maximum absolute atomic E-state index is 13.1. The van der Waals surface area contributed by atoms with Crippen LogP contribution in [0, 0.1) is 6.92 Å². The number of halogens is 3. The molecule has 2 aromatic heterocycles. The summed E-state index contributed by atoms with van der Waals surface area (Å²) in [6.07, 6.45) is 0.713. The fraction of sp³-hybridized carbons (Fsp3) is 0.350. The minimum Gasteiger partial charge on any atom is -0.308 e. The second-order valence-corrected chi connectivity index (χ2v) is 7.63. The van der Waals surface area contributed by atoms with Crippen LogP contribution in [-0.4, -0.2) is 25.5 Å². The van der Waals surface area contributed by atoms with E-state index < -0.39 is 18.0 Å². The van der Waals surface area contributed by atoms with Crippen molar-refractivity contribution in [2.75, 3.05) is 5.32 Å². The molecule has 0 unspecified atom stereocenters. The van der Waals surface area contributed by atoms with Crippen molar-refractivity contribution in [3.05, 3.63) is 64.1 Å². The minimum absolute atomic E-state index is 0.0299. The van der Waals surface area contributed by atoms with Crippen molar-refractivity contribution in [3.63, 3.8) is 0 Å². The zero-order valence-corrected chi connectivity index (χ0v) is 16.5. The Morgan fingerprint density at radius 1 is 1.24 bits per heavy atom. The molecule has 9 heteroatoms. The number of carbonyl (C=O) groups excluding carboxylic acids is 1. The predicted octanol–water partition coefficient (Wildman–Crippen LogP) is 4.54. The van der Waals surface area contributed by atoms with E-state index in [9.17, 15) is 13.6 Å². The smallest absolute Gasteiger partial charge is 0.283 e. The maximum Gasteiger partial charge on any atom is 0.283 e. The number of hydrogen-bond donors (Lipinski definition) is 1. The number of amides is 1. The molecule has 2 heterocycles. The van der Waals surface area contributed by atoms with Gasteiger partial charge in [-0.25, -0.2) is 8.78 Å². The van der Waals surface area contributed by atoms with Crippen LogP contribution in [0.5, 0.6) is 0 Å². The van der Waals surface area contributed by atoms with Crippen LogP contribution < -0.4 is 5.32 Å². The Balaban J connectivity index is 1.42. The third-order valence-electron chi connectivity index (χ3n) is 4.79. The number of anilines is 1. The summed E-state index contributed by atoms with van der Waals surface area (Å²) in [5.74, 6) is 0.0823. The number of nitrogens with one attached hydrogen (secondary N) is 1. The summed E-state index contributed by atoms with van der Waals surface area (Å²) in [6.45, 7) is 2.41. The molecule has 1 aromatic carbocycles. The maximum atomic E-state index is 13.1. The number of aromatic nitrogens is 4. The van der Waals surface area contributed by atoms with Crippen molar-refractivity contribution in [2.45, 2.75) is 45.2 Å². The van der Waals surface area contributed by atoms with Crippen molar-refractivity contribution < 1.29 is 13.6 Å². The van der Waals surface area contributed by atoms with Gasteiger partial charge in [-0.2, -0.15) is 10.2 Å². The summed E-state index contributed by atoms with van der Waals surface area (Å²) in [6, 6.07) is 9.80. The van der Waals surface area contributed by atoms with E-state index in [0.29, 0.717) is 18.1 Å². The molecule has 0 aliphatic heterocycles. The Labute approximate surface area is 171 Å². The predicted molar refractivity (Wildman–Crippen MR) is 105 cm³/mol. The standard InChI is InChI=1S/C20H20ClF2N5O/c1-12-2-4-13(5-3-12)10-27-9-8-15(25-27)24-16(29)11-28-19(14-6-7-14)17(21)18(26-28)20(22)23/h2-5,8-9,14,20H,6-7,10-11H2,1H3,(H,24,25,29). The van der Waals surface area contributed by atoms with Gasteiger partial charge in [0.1, 0.15) is 12.2 Å². The molecule has 3 aromatic rings. The van der Waals surface area contributed by atoms with E-state index in [1.807, 2.05) is 31.2 Å². The third kappa shape index (κ3) is 4.48. The van der Waals surface area contributed by atoms with Crippen LogP contribution in [0.25, 0.3) is 0 Å². The van der Waals surface area contributed by atoms with E-state index in [1.165, 1.54) is 10.2 Å². The highest BCUT2D eigenvalue weighted by molar-refractivity contribution is 6.32. The normalized spacial score (nSPS) is 13.8. The molecule has 0 saturated heterocycles. The minimum atomic E-state index is -2.78. The van der Waals surface area contributed by atoms with Crippen LogP contribution in [0.1, 0.15) is 47.7 Å². The summed E-state index contributed by atoms with van der Waals surface area (Å²) >= 11 is 6.08.